The van der Waals surface area contributed by atoms with E-state index in [2.05, 4.69) is 10.9 Å². The number of aliphatic hydroxyl groups excluding tert-OH is 1. The molecule has 2 rings (SSSR count). The predicted molar refractivity (Wildman–Crippen MR) is 76.3 cm³/mol. The van der Waals surface area contributed by atoms with Gasteiger partial charge in [0.05, 0.1) is 12.6 Å². The Morgan fingerprint density at radius 2 is 1.52 bits per heavy atom. The quantitative estimate of drug-likeness (QED) is 0.804. The van der Waals surface area contributed by atoms with Gasteiger partial charge in [-0.1, -0.05) is 36.4 Å². The van der Waals surface area contributed by atoms with Gasteiger partial charge in [-0.05, 0) is 19.1 Å². The minimum absolute atomic E-state index is 0.299. The molecular formula is C16H17F2N2O. The molecule has 0 aliphatic heterocycles. The minimum atomic E-state index is -0.736. The van der Waals surface area contributed by atoms with Crippen LogP contribution in [0.3, 0.4) is 0 Å². The van der Waals surface area contributed by atoms with Crippen molar-refractivity contribution < 1.29 is 13.9 Å². The number of aliphatic hydroxyl groups is 1. The zero-order valence-electron chi connectivity index (χ0n) is 11.6. The van der Waals surface area contributed by atoms with Gasteiger partial charge in [-0.15, -0.1) is 0 Å². The van der Waals surface area contributed by atoms with Gasteiger partial charge in [0.2, 0.25) is 0 Å². The van der Waals surface area contributed by atoms with Crippen molar-refractivity contribution in [3.8, 4) is 0 Å². The molecule has 2 unspecified atom stereocenters. The lowest BCUT2D eigenvalue weighted by atomic mass is 10.1. The summed E-state index contributed by atoms with van der Waals surface area (Å²) >= 11 is 0. The van der Waals surface area contributed by atoms with Crippen LogP contribution in [0.4, 0.5) is 8.78 Å². The van der Waals surface area contributed by atoms with Crippen LogP contribution in [0.15, 0.2) is 48.5 Å². The number of nitrogens with zero attached hydrogens (tertiary/aromatic N) is 1. The van der Waals surface area contributed by atoms with E-state index < -0.39 is 11.9 Å². The zero-order valence-corrected chi connectivity index (χ0v) is 11.6. The van der Waals surface area contributed by atoms with Gasteiger partial charge in [0.25, 0.3) is 0 Å². The first kappa shape index (κ1) is 15.6. The summed E-state index contributed by atoms with van der Waals surface area (Å²) in [6.45, 7) is 1.41. The van der Waals surface area contributed by atoms with Crippen LogP contribution in [0.5, 0.6) is 0 Å². The molecule has 111 valence electrons. The highest BCUT2D eigenvalue weighted by molar-refractivity contribution is 5.22. The Balaban J connectivity index is 2.04. The molecule has 21 heavy (non-hydrogen) atoms. The second-order valence-corrected chi connectivity index (χ2v) is 4.72. The molecule has 5 heteroatoms. The highest BCUT2D eigenvalue weighted by Crippen LogP contribution is 2.19. The maximum atomic E-state index is 13.7. The molecule has 0 aliphatic carbocycles. The van der Waals surface area contributed by atoms with Gasteiger partial charge < -0.3 is 5.11 Å². The van der Waals surface area contributed by atoms with Crippen molar-refractivity contribution >= 4 is 0 Å². The van der Waals surface area contributed by atoms with E-state index in [1.54, 1.807) is 43.3 Å². The topological polar surface area (TPSA) is 46.4 Å². The number of halogens is 2. The molecule has 3 nitrogen and oxygen atoms in total. The molecular weight excluding hydrogens is 274 g/mol. The van der Waals surface area contributed by atoms with E-state index in [1.165, 1.54) is 12.1 Å². The number of nitrogens with one attached hydrogen (secondary N) is 1. The Hall–Kier alpha value is -1.82. The third kappa shape index (κ3) is 3.85. The summed E-state index contributed by atoms with van der Waals surface area (Å²) < 4.78 is 27.3. The van der Waals surface area contributed by atoms with Crippen LogP contribution >= 0.6 is 0 Å². The fourth-order valence-corrected chi connectivity index (χ4v) is 2.05. The van der Waals surface area contributed by atoms with E-state index in [9.17, 15) is 13.9 Å². The maximum Gasteiger partial charge on any atom is 0.128 e. The van der Waals surface area contributed by atoms with E-state index in [0.29, 0.717) is 11.1 Å². The van der Waals surface area contributed by atoms with Crippen LogP contribution in [-0.2, 0) is 0 Å². The van der Waals surface area contributed by atoms with Crippen LogP contribution in [0, 0.1) is 11.6 Å². The van der Waals surface area contributed by atoms with Crippen molar-refractivity contribution in [2.24, 2.45) is 0 Å². The SMILES string of the molecule is CC(N[N]C(CO)c1ccccc1F)c1ccccc1F. The normalized spacial score (nSPS) is 13.9. The van der Waals surface area contributed by atoms with Crippen molar-refractivity contribution in [1.29, 1.82) is 0 Å². The second-order valence-electron chi connectivity index (χ2n) is 4.72. The van der Waals surface area contributed by atoms with E-state index in [4.69, 9.17) is 0 Å². The molecule has 0 aromatic heterocycles. The molecule has 0 bridgehead atoms. The first-order chi connectivity index (χ1) is 10.1. The summed E-state index contributed by atoms with van der Waals surface area (Å²) in [5.41, 5.74) is 7.62. The molecule has 0 aliphatic rings. The van der Waals surface area contributed by atoms with Crippen LogP contribution in [0.2, 0.25) is 0 Å². The Bertz CT molecular complexity index is 592. The fourth-order valence-electron chi connectivity index (χ4n) is 2.05. The Morgan fingerprint density at radius 3 is 2.05 bits per heavy atom. The standard InChI is InChI=1S/C16H17F2N2O/c1-11(12-6-2-4-8-14(12)17)19-20-16(10-21)13-7-3-5-9-15(13)18/h2-9,11,16,19,21H,10H2,1H3. The zero-order chi connectivity index (χ0) is 15.2. The van der Waals surface area contributed by atoms with Crippen molar-refractivity contribution in [1.82, 2.24) is 10.9 Å². The van der Waals surface area contributed by atoms with Crippen LogP contribution in [-0.4, -0.2) is 11.7 Å². The molecule has 0 saturated heterocycles. The number of hydrogen-bond donors (Lipinski definition) is 2. The third-order valence-corrected chi connectivity index (χ3v) is 3.23. The molecule has 0 fully saturated rings. The lowest BCUT2D eigenvalue weighted by molar-refractivity contribution is 0.217. The molecule has 0 saturated carbocycles. The first-order valence-corrected chi connectivity index (χ1v) is 6.68. The summed E-state index contributed by atoms with van der Waals surface area (Å²) in [7, 11) is 0. The molecule has 2 aromatic rings. The minimum Gasteiger partial charge on any atom is -0.394 e. The molecule has 2 aromatic carbocycles. The third-order valence-electron chi connectivity index (χ3n) is 3.23. The highest BCUT2D eigenvalue weighted by Gasteiger charge is 2.17. The Labute approximate surface area is 122 Å². The fraction of sp³-hybridized carbons (Fsp3) is 0.250. The maximum absolute atomic E-state index is 13.7. The monoisotopic (exact) mass is 291 g/mol. The van der Waals surface area contributed by atoms with Crippen molar-refractivity contribution in [3.63, 3.8) is 0 Å². The average molecular weight is 291 g/mol. The van der Waals surface area contributed by atoms with Crippen molar-refractivity contribution in [3.05, 3.63) is 71.3 Å². The summed E-state index contributed by atoms with van der Waals surface area (Å²) in [5, 5.41) is 9.37. The molecule has 0 heterocycles. The van der Waals surface area contributed by atoms with E-state index in [1.807, 2.05) is 0 Å². The van der Waals surface area contributed by atoms with Gasteiger partial charge >= 0.3 is 0 Å². The average Bonchev–Trinajstić information content (AvgIpc) is 2.49. The van der Waals surface area contributed by atoms with Crippen molar-refractivity contribution in [2.45, 2.75) is 19.0 Å². The van der Waals surface area contributed by atoms with Gasteiger partial charge in [-0.25, -0.2) is 14.2 Å². The molecule has 0 amide bonds. The molecule has 0 spiro atoms. The summed E-state index contributed by atoms with van der Waals surface area (Å²) in [6, 6.07) is 11.4. The van der Waals surface area contributed by atoms with Gasteiger partial charge in [-0.3, -0.25) is 0 Å². The largest absolute Gasteiger partial charge is 0.394 e. The van der Waals surface area contributed by atoms with Crippen LogP contribution in [0.1, 0.15) is 30.1 Å². The summed E-state index contributed by atoms with van der Waals surface area (Å²) in [4.78, 5) is 0. The summed E-state index contributed by atoms with van der Waals surface area (Å²) in [6.07, 6.45) is 0. The van der Waals surface area contributed by atoms with E-state index in [0.717, 1.165) is 0 Å². The lowest BCUT2D eigenvalue weighted by Crippen LogP contribution is -2.33. The predicted octanol–water partition coefficient (Wildman–Crippen LogP) is 2.87. The first-order valence-electron chi connectivity index (χ1n) is 6.68. The number of benzene rings is 2. The summed E-state index contributed by atoms with van der Waals surface area (Å²) in [5.74, 6) is -0.764. The Kier molecular flexibility index (Phi) is 5.38. The molecule has 2 atom stereocenters. The van der Waals surface area contributed by atoms with Crippen LogP contribution in [0.25, 0.3) is 0 Å². The van der Waals surface area contributed by atoms with Crippen LogP contribution < -0.4 is 10.9 Å². The second kappa shape index (κ2) is 7.26. The number of rotatable bonds is 6. The van der Waals surface area contributed by atoms with E-state index >= 15 is 0 Å². The lowest BCUT2D eigenvalue weighted by Gasteiger charge is -2.20. The smallest absolute Gasteiger partial charge is 0.128 e. The Morgan fingerprint density at radius 1 is 1.00 bits per heavy atom. The number of hydrogen-bond acceptors (Lipinski definition) is 2. The molecule has 2 N–H and O–H groups in total. The molecule has 1 radical (unpaired) electrons. The van der Waals surface area contributed by atoms with E-state index in [-0.39, 0.29) is 18.5 Å². The van der Waals surface area contributed by atoms with Crippen molar-refractivity contribution in [2.75, 3.05) is 6.61 Å². The highest BCUT2D eigenvalue weighted by atomic mass is 19.1. The van der Waals surface area contributed by atoms with Gasteiger partial charge in [0.1, 0.15) is 11.6 Å². The van der Waals surface area contributed by atoms with Gasteiger partial charge in [-0.2, -0.15) is 5.43 Å². The van der Waals surface area contributed by atoms with Gasteiger partial charge in [0, 0.05) is 17.2 Å². The van der Waals surface area contributed by atoms with Gasteiger partial charge in [0.15, 0.2) is 0 Å².